The number of carbonyl (C=O) groups is 2. The first-order valence-electron chi connectivity index (χ1n) is 14.6. The van der Waals surface area contributed by atoms with Gasteiger partial charge in [-0.3, -0.25) is 13.9 Å². The SMILES string of the molecule is COc1ccc(S(=O)(=O)N(CC(=O)N(Cc2cccc(Cl)c2)[C@@H](C)C(=O)NC2CCCC2)c2cc(C)cc(C)c2)cc1OC. The highest BCUT2D eigenvalue weighted by Crippen LogP contribution is 2.33. The van der Waals surface area contributed by atoms with Gasteiger partial charge in [0.05, 0.1) is 24.8 Å². The van der Waals surface area contributed by atoms with E-state index in [0.29, 0.717) is 22.0 Å². The molecule has 0 aromatic heterocycles. The van der Waals surface area contributed by atoms with Crippen molar-refractivity contribution in [2.24, 2.45) is 0 Å². The highest BCUT2D eigenvalue weighted by Gasteiger charge is 2.34. The van der Waals surface area contributed by atoms with Crippen molar-refractivity contribution < 1.29 is 27.5 Å². The smallest absolute Gasteiger partial charge is 0.264 e. The molecule has 11 heteroatoms. The second-order valence-corrected chi connectivity index (χ2v) is 13.5. The minimum absolute atomic E-state index is 0.0604. The molecule has 236 valence electrons. The molecule has 0 heterocycles. The molecule has 3 aromatic carbocycles. The number of benzene rings is 3. The zero-order valence-corrected chi connectivity index (χ0v) is 27.4. The maximum absolute atomic E-state index is 14.3. The van der Waals surface area contributed by atoms with Crippen molar-refractivity contribution in [3.8, 4) is 11.5 Å². The quantitative estimate of drug-likeness (QED) is 0.274. The van der Waals surface area contributed by atoms with E-state index in [1.807, 2.05) is 26.0 Å². The first-order valence-corrected chi connectivity index (χ1v) is 16.4. The molecular weight excluding hydrogens is 602 g/mol. The van der Waals surface area contributed by atoms with Gasteiger partial charge >= 0.3 is 0 Å². The summed E-state index contributed by atoms with van der Waals surface area (Å²) in [6, 6.07) is 15.9. The van der Waals surface area contributed by atoms with Gasteiger partial charge in [-0.15, -0.1) is 0 Å². The summed E-state index contributed by atoms with van der Waals surface area (Å²) < 4.78 is 40.3. The molecule has 0 spiro atoms. The number of amides is 2. The molecule has 0 unspecified atom stereocenters. The van der Waals surface area contributed by atoms with Gasteiger partial charge in [-0.2, -0.15) is 0 Å². The van der Waals surface area contributed by atoms with E-state index >= 15 is 0 Å². The lowest BCUT2D eigenvalue weighted by molar-refractivity contribution is -0.139. The number of rotatable bonds is 12. The number of sulfonamides is 1. The predicted octanol–water partition coefficient (Wildman–Crippen LogP) is 5.65. The normalized spacial score (nSPS) is 14.1. The third-order valence-corrected chi connectivity index (χ3v) is 9.83. The van der Waals surface area contributed by atoms with E-state index in [4.69, 9.17) is 21.1 Å². The number of nitrogens with zero attached hydrogens (tertiary/aromatic N) is 2. The van der Waals surface area contributed by atoms with Crippen molar-refractivity contribution in [3.63, 3.8) is 0 Å². The third-order valence-electron chi connectivity index (χ3n) is 7.83. The minimum atomic E-state index is -4.29. The van der Waals surface area contributed by atoms with E-state index in [-0.39, 0.29) is 29.1 Å². The predicted molar refractivity (Wildman–Crippen MR) is 172 cm³/mol. The molecule has 9 nitrogen and oxygen atoms in total. The topological polar surface area (TPSA) is 105 Å². The molecule has 0 saturated heterocycles. The van der Waals surface area contributed by atoms with Gasteiger partial charge in [-0.05, 0) is 86.7 Å². The van der Waals surface area contributed by atoms with Crippen molar-refractivity contribution in [1.29, 1.82) is 0 Å². The minimum Gasteiger partial charge on any atom is -0.493 e. The Morgan fingerprint density at radius 3 is 2.23 bits per heavy atom. The Morgan fingerprint density at radius 2 is 1.61 bits per heavy atom. The molecule has 4 rings (SSSR count). The van der Waals surface area contributed by atoms with Gasteiger partial charge in [0, 0.05) is 23.7 Å². The van der Waals surface area contributed by atoms with E-state index in [1.54, 1.807) is 37.3 Å². The summed E-state index contributed by atoms with van der Waals surface area (Å²) in [5, 5.41) is 3.57. The maximum atomic E-state index is 14.3. The average molecular weight is 642 g/mol. The summed E-state index contributed by atoms with van der Waals surface area (Å²) in [5.74, 6) is -0.217. The summed E-state index contributed by atoms with van der Waals surface area (Å²) in [6.45, 7) is 4.91. The molecule has 1 fully saturated rings. The zero-order chi connectivity index (χ0) is 32.0. The number of carbonyl (C=O) groups excluding carboxylic acids is 2. The van der Waals surface area contributed by atoms with Gasteiger partial charge in [0.15, 0.2) is 11.5 Å². The number of ether oxygens (including phenoxy) is 2. The number of nitrogens with one attached hydrogen (secondary N) is 1. The second kappa shape index (κ2) is 14.3. The van der Waals surface area contributed by atoms with Gasteiger partial charge in [-0.25, -0.2) is 8.42 Å². The molecule has 1 aliphatic rings. The first-order chi connectivity index (χ1) is 20.9. The van der Waals surface area contributed by atoms with Gasteiger partial charge in [0.2, 0.25) is 11.8 Å². The van der Waals surface area contributed by atoms with Crippen LogP contribution in [0.2, 0.25) is 5.02 Å². The van der Waals surface area contributed by atoms with Crippen LogP contribution < -0.4 is 19.1 Å². The molecule has 44 heavy (non-hydrogen) atoms. The van der Waals surface area contributed by atoms with E-state index in [2.05, 4.69) is 5.32 Å². The van der Waals surface area contributed by atoms with Crippen LogP contribution in [0.5, 0.6) is 11.5 Å². The highest BCUT2D eigenvalue weighted by molar-refractivity contribution is 7.92. The summed E-state index contributed by atoms with van der Waals surface area (Å²) in [5.41, 5.74) is 2.71. The number of methoxy groups -OCH3 is 2. The fraction of sp³-hybridized carbons (Fsp3) is 0.394. The van der Waals surface area contributed by atoms with E-state index in [1.165, 1.54) is 37.3 Å². The molecule has 3 aromatic rings. The molecule has 2 amide bonds. The van der Waals surface area contributed by atoms with Gasteiger partial charge in [0.25, 0.3) is 10.0 Å². The largest absolute Gasteiger partial charge is 0.493 e. The highest BCUT2D eigenvalue weighted by atomic mass is 35.5. The third kappa shape index (κ3) is 7.84. The Bertz CT molecular complexity index is 1590. The zero-order valence-electron chi connectivity index (χ0n) is 25.8. The van der Waals surface area contributed by atoms with Crippen LogP contribution in [-0.2, 0) is 26.2 Å². The van der Waals surface area contributed by atoms with E-state index in [9.17, 15) is 18.0 Å². The van der Waals surface area contributed by atoms with Crippen molar-refractivity contribution in [2.75, 3.05) is 25.1 Å². The average Bonchev–Trinajstić information content (AvgIpc) is 3.50. The Labute approximate surface area is 265 Å². The molecule has 0 radical (unpaired) electrons. The van der Waals surface area contributed by atoms with Crippen molar-refractivity contribution in [3.05, 3.63) is 82.4 Å². The molecule has 1 atom stereocenters. The monoisotopic (exact) mass is 641 g/mol. The summed E-state index contributed by atoms with van der Waals surface area (Å²) in [4.78, 5) is 29.0. The molecule has 0 bridgehead atoms. The van der Waals surface area contributed by atoms with Crippen LogP contribution in [0.25, 0.3) is 0 Å². The lowest BCUT2D eigenvalue weighted by atomic mass is 10.1. The molecule has 1 aliphatic carbocycles. The summed E-state index contributed by atoms with van der Waals surface area (Å²) in [7, 11) is -1.40. The van der Waals surface area contributed by atoms with Crippen molar-refractivity contribution >= 4 is 39.1 Å². The van der Waals surface area contributed by atoms with E-state index in [0.717, 1.165) is 41.1 Å². The molecule has 1 N–H and O–H groups in total. The number of hydrogen-bond donors (Lipinski definition) is 1. The molecule has 0 aliphatic heterocycles. The van der Waals surface area contributed by atoms with Gasteiger partial charge in [0.1, 0.15) is 12.6 Å². The maximum Gasteiger partial charge on any atom is 0.264 e. The van der Waals surface area contributed by atoms with Gasteiger partial charge in [-0.1, -0.05) is 42.6 Å². The van der Waals surface area contributed by atoms with Crippen LogP contribution in [0.1, 0.15) is 49.3 Å². The summed E-state index contributed by atoms with van der Waals surface area (Å²) in [6.07, 6.45) is 3.88. The fourth-order valence-corrected chi connectivity index (χ4v) is 7.16. The van der Waals surface area contributed by atoms with Crippen LogP contribution >= 0.6 is 11.6 Å². The van der Waals surface area contributed by atoms with Crippen molar-refractivity contribution in [2.45, 2.75) is 70.0 Å². The van der Waals surface area contributed by atoms with E-state index < -0.39 is 28.5 Å². The number of halogens is 1. The number of anilines is 1. The molecular formula is C33H40ClN3O6S. The lowest BCUT2D eigenvalue weighted by Crippen LogP contribution is -2.52. The standard InChI is InChI=1S/C33H40ClN3O6S/c1-22-15-23(2)17-28(16-22)37(44(40,41)29-13-14-30(42-4)31(19-29)43-5)21-32(38)36(20-25-9-8-10-26(34)18-25)24(3)33(39)35-27-11-6-7-12-27/h8-10,13-19,24,27H,6-7,11-12,20-21H2,1-5H3,(H,35,39)/t24-/m0/s1. The Balaban J connectivity index is 1.75. The Hall–Kier alpha value is -3.76. The Kier molecular flexibility index (Phi) is 10.8. The van der Waals surface area contributed by atoms with Crippen LogP contribution in [-0.4, -0.2) is 58.0 Å². The summed E-state index contributed by atoms with van der Waals surface area (Å²) >= 11 is 6.24. The van der Waals surface area contributed by atoms with Crippen LogP contribution in [0, 0.1) is 13.8 Å². The van der Waals surface area contributed by atoms with Gasteiger partial charge < -0.3 is 19.7 Å². The number of aryl methyl sites for hydroxylation is 2. The van der Waals surface area contributed by atoms with Crippen LogP contribution in [0.3, 0.4) is 0 Å². The molecule has 1 saturated carbocycles. The second-order valence-electron chi connectivity index (χ2n) is 11.2. The Morgan fingerprint density at radius 1 is 0.955 bits per heavy atom. The fourth-order valence-electron chi connectivity index (χ4n) is 5.53. The van der Waals surface area contributed by atoms with Crippen LogP contribution in [0.4, 0.5) is 5.69 Å². The lowest BCUT2D eigenvalue weighted by Gasteiger charge is -2.32. The van der Waals surface area contributed by atoms with Crippen molar-refractivity contribution in [1.82, 2.24) is 10.2 Å². The number of hydrogen-bond acceptors (Lipinski definition) is 6. The first kappa shape index (κ1) is 33.1. The van der Waals surface area contributed by atoms with Crippen LogP contribution in [0.15, 0.2) is 65.6 Å².